The molecule has 0 aliphatic rings. The normalized spacial score (nSPS) is 12.4. The van der Waals surface area contributed by atoms with Gasteiger partial charge in [0, 0.05) is 21.4 Å². The number of likely N-dealkylation sites (N-methyl/N-ethyl adjacent to an activating group) is 1. The Kier molecular flexibility index (Phi) is 5.61. The highest BCUT2D eigenvalue weighted by Crippen LogP contribution is 2.26. The van der Waals surface area contributed by atoms with E-state index in [0.717, 1.165) is 17.4 Å². The van der Waals surface area contributed by atoms with Gasteiger partial charge in [-0.3, -0.25) is 0 Å². The van der Waals surface area contributed by atoms with E-state index in [2.05, 4.69) is 85.7 Å². The van der Waals surface area contributed by atoms with Crippen LogP contribution in [-0.2, 0) is 6.42 Å². The van der Waals surface area contributed by atoms with E-state index in [0.29, 0.717) is 5.92 Å². The Hall–Kier alpha value is -0.640. The second kappa shape index (κ2) is 7.22. The number of benzene rings is 2. The molecule has 0 aliphatic carbocycles. The highest BCUT2D eigenvalue weighted by atomic mass is 79.9. The molecule has 0 bridgehead atoms. The Balaban J connectivity index is 2.21. The molecule has 1 nitrogen and oxygen atoms in total. The maximum absolute atomic E-state index is 3.63. The molecular weight excluding hydrogens is 366 g/mol. The van der Waals surface area contributed by atoms with E-state index in [4.69, 9.17) is 0 Å². The van der Waals surface area contributed by atoms with Crippen LogP contribution in [0.5, 0.6) is 0 Å². The summed E-state index contributed by atoms with van der Waals surface area (Å²) in [5.41, 5.74) is 2.72. The van der Waals surface area contributed by atoms with Gasteiger partial charge in [-0.1, -0.05) is 62.2 Å². The van der Waals surface area contributed by atoms with Crippen LogP contribution in [0.2, 0.25) is 0 Å². The van der Waals surface area contributed by atoms with Gasteiger partial charge in [0.15, 0.2) is 0 Å². The fraction of sp³-hybridized carbons (Fsp3) is 0.250. The molecular formula is C16H17Br2N. The number of halogens is 2. The number of hydrogen-bond donors (Lipinski definition) is 1. The third-order valence-electron chi connectivity index (χ3n) is 3.22. The van der Waals surface area contributed by atoms with Crippen LogP contribution in [0.3, 0.4) is 0 Å². The Morgan fingerprint density at radius 3 is 2.32 bits per heavy atom. The van der Waals surface area contributed by atoms with Crippen LogP contribution in [0.4, 0.5) is 0 Å². The van der Waals surface area contributed by atoms with Crippen LogP contribution in [-0.4, -0.2) is 13.6 Å². The SMILES string of the molecule is CNCC(Cc1ccccc1Br)c1ccc(Br)cc1. The zero-order valence-electron chi connectivity index (χ0n) is 10.9. The molecule has 1 N–H and O–H groups in total. The molecule has 2 rings (SSSR count). The van der Waals surface area contributed by atoms with Crippen molar-refractivity contribution < 1.29 is 0 Å². The number of nitrogens with one attached hydrogen (secondary N) is 1. The lowest BCUT2D eigenvalue weighted by molar-refractivity contribution is 0.624. The molecule has 2 aromatic rings. The summed E-state index contributed by atoms with van der Waals surface area (Å²) in [5, 5.41) is 3.29. The molecule has 19 heavy (non-hydrogen) atoms. The average molecular weight is 383 g/mol. The van der Waals surface area contributed by atoms with Crippen molar-refractivity contribution in [1.29, 1.82) is 0 Å². The number of rotatable bonds is 5. The number of hydrogen-bond acceptors (Lipinski definition) is 1. The fourth-order valence-electron chi connectivity index (χ4n) is 2.22. The molecule has 2 aromatic carbocycles. The molecule has 0 fully saturated rings. The van der Waals surface area contributed by atoms with E-state index in [1.165, 1.54) is 15.6 Å². The van der Waals surface area contributed by atoms with Crippen LogP contribution in [0.1, 0.15) is 17.0 Å². The predicted octanol–water partition coefficient (Wildman–Crippen LogP) is 4.76. The first kappa shape index (κ1) is 14.8. The summed E-state index contributed by atoms with van der Waals surface area (Å²) >= 11 is 7.12. The predicted molar refractivity (Wildman–Crippen MR) is 88.7 cm³/mol. The first-order valence-electron chi connectivity index (χ1n) is 6.34. The molecule has 1 atom stereocenters. The molecule has 0 radical (unpaired) electrons. The van der Waals surface area contributed by atoms with Crippen LogP contribution < -0.4 is 5.32 Å². The minimum absolute atomic E-state index is 0.483. The van der Waals surface area contributed by atoms with Crippen LogP contribution in [0, 0.1) is 0 Å². The zero-order valence-corrected chi connectivity index (χ0v) is 14.0. The molecule has 0 spiro atoms. The molecule has 0 saturated heterocycles. The Bertz CT molecular complexity index is 523. The van der Waals surface area contributed by atoms with Crippen molar-refractivity contribution in [3.8, 4) is 0 Å². The van der Waals surface area contributed by atoms with Gasteiger partial charge < -0.3 is 5.32 Å². The van der Waals surface area contributed by atoms with Crippen LogP contribution in [0.25, 0.3) is 0 Å². The van der Waals surface area contributed by atoms with Gasteiger partial charge in [-0.25, -0.2) is 0 Å². The van der Waals surface area contributed by atoms with E-state index in [1.807, 2.05) is 7.05 Å². The largest absolute Gasteiger partial charge is 0.319 e. The van der Waals surface area contributed by atoms with Gasteiger partial charge in [0.05, 0.1) is 0 Å². The van der Waals surface area contributed by atoms with E-state index in [-0.39, 0.29) is 0 Å². The quantitative estimate of drug-likeness (QED) is 0.786. The van der Waals surface area contributed by atoms with Crippen molar-refractivity contribution >= 4 is 31.9 Å². The van der Waals surface area contributed by atoms with E-state index in [9.17, 15) is 0 Å². The molecule has 0 aromatic heterocycles. The van der Waals surface area contributed by atoms with E-state index < -0.39 is 0 Å². The molecule has 0 amide bonds. The molecule has 0 saturated carbocycles. The van der Waals surface area contributed by atoms with Gasteiger partial charge in [0.2, 0.25) is 0 Å². The average Bonchev–Trinajstić information content (AvgIpc) is 2.42. The van der Waals surface area contributed by atoms with Crippen molar-refractivity contribution in [1.82, 2.24) is 5.32 Å². The Morgan fingerprint density at radius 2 is 1.68 bits per heavy atom. The third kappa shape index (κ3) is 4.16. The molecule has 3 heteroatoms. The third-order valence-corrected chi connectivity index (χ3v) is 4.52. The Morgan fingerprint density at radius 1 is 1.00 bits per heavy atom. The van der Waals surface area contributed by atoms with Crippen molar-refractivity contribution in [2.24, 2.45) is 0 Å². The van der Waals surface area contributed by atoms with E-state index in [1.54, 1.807) is 0 Å². The second-order valence-electron chi connectivity index (χ2n) is 4.60. The maximum Gasteiger partial charge on any atom is 0.0207 e. The zero-order chi connectivity index (χ0) is 13.7. The van der Waals surface area contributed by atoms with Gasteiger partial charge in [0.1, 0.15) is 0 Å². The lowest BCUT2D eigenvalue weighted by atomic mass is 9.92. The smallest absolute Gasteiger partial charge is 0.0207 e. The second-order valence-corrected chi connectivity index (χ2v) is 6.37. The van der Waals surface area contributed by atoms with Crippen molar-refractivity contribution in [3.63, 3.8) is 0 Å². The van der Waals surface area contributed by atoms with Gasteiger partial charge in [-0.2, -0.15) is 0 Å². The first-order chi connectivity index (χ1) is 9.20. The van der Waals surface area contributed by atoms with Crippen molar-refractivity contribution in [2.45, 2.75) is 12.3 Å². The molecule has 100 valence electrons. The summed E-state index contributed by atoms with van der Waals surface area (Å²) < 4.78 is 2.31. The van der Waals surface area contributed by atoms with Crippen molar-refractivity contribution in [3.05, 3.63) is 68.6 Å². The first-order valence-corrected chi connectivity index (χ1v) is 7.92. The molecule has 1 unspecified atom stereocenters. The summed E-state index contributed by atoms with van der Waals surface area (Å²) in [6.07, 6.45) is 1.03. The van der Waals surface area contributed by atoms with Gasteiger partial charge in [0.25, 0.3) is 0 Å². The molecule has 0 aliphatic heterocycles. The summed E-state index contributed by atoms with van der Waals surface area (Å²) in [6, 6.07) is 17.1. The molecule has 0 heterocycles. The maximum atomic E-state index is 3.63. The van der Waals surface area contributed by atoms with Crippen LogP contribution in [0.15, 0.2) is 57.5 Å². The fourth-order valence-corrected chi connectivity index (χ4v) is 2.93. The Labute approximate surface area is 131 Å². The minimum atomic E-state index is 0.483. The lowest BCUT2D eigenvalue weighted by Gasteiger charge is -2.18. The van der Waals surface area contributed by atoms with Gasteiger partial charge in [-0.05, 0) is 42.8 Å². The monoisotopic (exact) mass is 381 g/mol. The van der Waals surface area contributed by atoms with Crippen LogP contribution >= 0.6 is 31.9 Å². The van der Waals surface area contributed by atoms with Gasteiger partial charge >= 0.3 is 0 Å². The summed E-state index contributed by atoms with van der Waals surface area (Å²) in [7, 11) is 2.01. The lowest BCUT2D eigenvalue weighted by Crippen LogP contribution is -2.19. The van der Waals surface area contributed by atoms with Gasteiger partial charge in [-0.15, -0.1) is 0 Å². The van der Waals surface area contributed by atoms with Crippen molar-refractivity contribution in [2.75, 3.05) is 13.6 Å². The summed E-state index contributed by atoms with van der Waals surface area (Å²) in [6.45, 7) is 0.975. The standard InChI is InChI=1S/C16H17Br2N/c1-19-11-14(12-6-8-15(17)9-7-12)10-13-4-2-3-5-16(13)18/h2-9,14,19H,10-11H2,1H3. The highest BCUT2D eigenvalue weighted by Gasteiger charge is 2.13. The summed E-state index contributed by atoms with van der Waals surface area (Å²) in [5.74, 6) is 0.483. The highest BCUT2D eigenvalue weighted by molar-refractivity contribution is 9.10. The topological polar surface area (TPSA) is 12.0 Å². The summed E-state index contributed by atoms with van der Waals surface area (Å²) in [4.78, 5) is 0. The van der Waals surface area contributed by atoms with E-state index >= 15 is 0 Å². The minimum Gasteiger partial charge on any atom is -0.319 e.